The van der Waals surface area contributed by atoms with Crippen molar-refractivity contribution in [3.05, 3.63) is 54.1 Å². The van der Waals surface area contributed by atoms with Gasteiger partial charge in [0.1, 0.15) is 18.1 Å². The van der Waals surface area contributed by atoms with Crippen LogP contribution in [0.25, 0.3) is 0 Å². The molecule has 1 heterocycles. The predicted octanol–water partition coefficient (Wildman–Crippen LogP) is -1.87. The Kier molecular flexibility index (Phi) is 11.7. The number of aromatic nitrogens is 2. The molecule has 0 saturated heterocycles. The van der Waals surface area contributed by atoms with Crippen LogP contribution in [0, 0.1) is 0 Å². The number of H-pyrrole nitrogens is 1. The first-order valence-corrected chi connectivity index (χ1v) is 12.0. The summed E-state index contributed by atoms with van der Waals surface area (Å²) < 4.78 is 0. The fraction of sp³-hybridized carbons (Fsp3) is 0.417. The summed E-state index contributed by atoms with van der Waals surface area (Å²) in [6, 6.07) is 4.91. The summed E-state index contributed by atoms with van der Waals surface area (Å²) >= 11 is 0. The van der Waals surface area contributed by atoms with E-state index in [1.54, 1.807) is 0 Å². The molecular weight excluding hydrogens is 494 g/mol. The van der Waals surface area contributed by atoms with Gasteiger partial charge < -0.3 is 43.2 Å². The van der Waals surface area contributed by atoms with Crippen LogP contribution in [-0.2, 0) is 32.0 Å². The highest BCUT2D eigenvalue weighted by atomic mass is 16.4. The van der Waals surface area contributed by atoms with E-state index < -0.39 is 47.9 Å². The number of carbonyl (C=O) groups is 4. The molecule has 38 heavy (non-hydrogen) atoms. The molecule has 0 aliphatic rings. The maximum atomic E-state index is 13.0. The summed E-state index contributed by atoms with van der Waals surface area (Å²) in [5.41, 5.74) is 17.9. The van der Waals surface area contributed by atoms with Crippen molar-refractivity contribution in [1.82, 2.24) is 25.9 Å². The number of nitrogens with one attached hydrogen (secondary N) is 4. The second-order valence-corrected chi connectivity index (χ2v) is 8.72. The molecule has 0 radical (unpaired) electrons. The van der Waals surface area contributed by atoms with Gasteiger partial charge in [-0.25, -0.2) is 9.78 Å². The van der Waals surface area contributed by atoms with E-state index in [2.05, 4.69) is 30.9 Å². The first kappa shape index (κ1) is 29.8. The van der Waals surface area contributed by atoms with Gasteiger partial charge in [-0.1, -0.05) is 30.3 Å². The topological polar surface area (TPSA) is 244 Å². The fourth-order valence-corrected chi connectivity index (χ4v) is 3.50. The minimum atomic E-state index is -1.25. The lowest BCUT2D eigenvalue weighted by atomic mass is 10.1. The first-order valence-electron chi connectivity index (χ1n) is 12.0. The maximum Gasteiger partial charge on any atom is 0.326 e. The quantitative estimate of drug-likeness (QED) is 0.0731. The number of nitrogens with zero attached hydrogens (tertiary/aromatic N) is 2. The average Bonchev–Trinajstić information content (AvgIpc) is 3.38. The number of aliphatic carboxylic acids is 1. The molecule has 0 aliphatic heterocycles. The lowest BCUT2D eigenvalue weighted by Crippen LogP contribution is -2.57. The van der Waals surface area contributed by atoms with Gasteiger partial charge in [-0.2, -0.15) is 0 Å². The van der Waals surface area contributed by atoms with E-state index in [0.717, 1.165) is 5.56 Å². The Bertz CT molecular complexity index is 1090. The van der Waals surface area contributed by atoms with Crippen molar-refractivity contribution >= 4 is 29.7 Å². The molecule has 3 amide bonds. The number of aliphatic imine (C=N–C) groups is 1. The first-order chi connectivity index (χ1) is 18.1. The number of carbonyl (C=O) groups excluding carboxylic acids is 3. The molecule has 11 N–H and O–H groups in total. The molecule has 0 saturated carbocycles. The van der Waals surface area contributed by atoms with E-state index in [9.17, 15) is 24.3 Å². The van der Waals surface area contributed by atoms with Crippen molar-refractivity contribution in [1.29, 1.82) is 0 Å². The van der Waals surface area contributed by atoms with E-state index in [1.165, 1.54) is 19.4 Å². The molecule has 0 bridgehead atoms. The lowest BCUT2D eigenvalue weighted by molar-refractivity contribution is -0.142. The van der Waals surface area contributed by atoms with Crippen LogP contribution in [0.5, 0.6) is 0 Å². The molecule has 206 valence electrons. The number of hydrogen-bond acceptors (Lipinski definition) is 7. The minimum absolute atomic E-state index is 0.00605. The van der Waals surface area contributed by atoms with E-state index in [4.69, 9.17) is 17.2 Å². The van der Waals surface area contributed by atoms with Crippen LogP contribution in [0.3, 0.4) is 0 Å². The molecule has 1 aromatic heterocycles. The summed E-state index contributed by atoms with van der Waals surface area (Å²) in [5.74, 6) is -3.27. The lowest BCUT2D eigenvalue weighted by Gasteiger charge is -2.23. The number of hydrogen-bond donors (Lipinski definition) is 8. The summed E-state index contributed by atoms with van der Waals surface area (Å²) in [6.07, 6.45) is 3.54. The number of benzene rings is 1. The van der Waals surface area contributed by atoms with Crippen molar-refractivity contribution in [3.63, 3.8) is 0 Å². The molecule has 4 atom stereocenters. The number of carboxylic acids is 1. The predicted molar refractivity (Wildman–Crippen MR) is 139 cm³/mol. The molecule has 1 aromatic carbocycles. The SMILES string of the molecule is CC(NC(=O)C(N)Cc1ccccc1)C(=O)NC(Cc1cnc[nH]1)C(=O)NC(CCCN=C(N)N)C(=O)O. The Labute approximate surface area is 219 Å². The van der Waals surface area contributed by atoms with Crippen LogP contribution in [0.2, 0.25) is 0 Å². The van der Waals surface area contributed by atoms with E-state index in [1.807, 2.05) is 30.3 Å². The average molecular weight is 530 g/mol. The van der Waals surface area contributed by atoms with Crippen LogP contribution < -0.4 is 33.2 Å². The van der Waals surface area contributed by atoms with Gasteiger partial charge >= 0.3 is 5.97 Å². The number of amides is 3. The number of aromatic amines is 1. The fourth-order valence-electron chi connectivity index (χ4n) is 3.50. The van der Waals surface area contributed by atoms with Crippen molar-refractivity contribution < 1.29 is 24.3 Å². The number of guanidine groups is 1. The van der Waals surface area contributed by atoms with E-state index in [-0.39, 0.29) is 31.8 Å². The summed E-state index contributed by atoms with van der Waals surface area (Å²) in [7, 11) is 0. The van der Waals surface area contributed by atoms with Crippen LogP contribution in [0.1, 0.15) is 31.0 Å². The Hall–Kier alpha value is -4.46. The highest BCUT2D eigenvalue weighted by Gasteiger charge is 2.29. The van der Waals surface area contributed by atoms with Gasteiger partial charge in [0.15, 0.2) is 5.96 Å². The third kappa shape index (κ3) is 10.3. The highest BCUT2D eigenvalue weighted by Crippen LogP contribution is 2.05. The summed E-state index contributed by atoms with van der Waals surface area (Å²) in [6.45, 7) is 1.65. The van der Waals surface area contributed by atoms with Crippen LogP contribution in [-0.4, -0.2) is 75.4 Å². The summed E-state index contributed by atoms with van der Waals surface area (Å²) in [5, 5.41) is 17.1. The van der Waals surface area contributed by atoms with Gasteiger partial charge in [-0.15, -0.1) is 0 Å². The second kappa shape index (κ2) is 14.9. The molecule has 0 aliphatic carbocycles. The van der Waals surface area contributed by atoms with Gasteiger partial charge in [-0.05, 0) is 31.7 Å². The van der Waals surface area contributed by atoms with Gasteiger partial charge in [-0.3, -0.25) is 19.4 Å². The maximum absolute atomic E-state index is 13.0. The number of nitrogens with two attached hydrogens (primary N) is 3. The largest absolute Gasteiger partial charge is 0.480 e. The zero-order valence-electron chi connectivity index (χ0n) is 21.1. The molecule has 2 rings (SSSR count). The van der Waals surface area contributed by atoms with Crippen molar-refractivity contribution in [3.8, 4) is 0 Å². The highest BCUT2D eigenvalue weighted by molar-refractivity contribution is 5.94. The van der Waals surface area contributed by atoms with Gasteiger partial charge in [0.2, 0.25) is 17.7 Å². The molecule has 0 fully saturated rings. The van der Waals surface area contributed by atoms with Crippen molar-refractivity contribution in [2.45, 2.75) is 56.8 Å². The van der Waals surface area contributed by atoms with E-state index >= 15 is 0 Å². The number of rotatable bonds is 15. The minimum Gasteiger partial charge on any atom is -0.480 e. The molecule has 2 aromatic rings. The zero-order chi connectivity index (χ0) is 28.1. The van der Waals surface area contributed by atoms with Crippen LogP contribution in [0.4, 0.5) is 0 Å². The Morgan fingerprint density at radius 3 is 2.29 bits per heavy atom. The van der Waals surface area contributed by atoms with Crippen LogP contribution in [0.15, 0.2) is 47.8 Å². The normalized spacial score (nSPS) is 13.8. The number of imidazole rings is 1. The molecular formula is C24H35N9O5. The number of carboxylic acid groups (broad SMARTS) is 1. The Morgan fingerprint density at radius 1 is 1.00 bits per heavy atom. The third-order valence-electron chi connectivity index (χ3n) is 5.56. The Morgan fingerprint density at radius 2 is 1.68 bits per heavy atom. The van der Waals surface area contributed by atoms with Crippen molar-refractivity contribution in [2.75, 3.05) is 6.54 Å². The van der Waals surface area contributed by atoms with Crippen LogP contribution >= 0.6 is 0 Å². The molecule has 14 nitrogen and oxygen atoms in total. The molecule has 0 spiro atoms. The smallest absolute Gasteiger partial charge is 0.326 e. The standard InChI is InChI=1S/C24H35N9O5/c1-14(31-21(35)17(25)10-15-6-3-2-4-7-15)20(34)33-19(11-16-12-28-13-30-16)22(36)32-18(23(37)38)8-5-9-29-24(26)27/h2-4,6-7,12-14,17-19H,5,8-11,25H2,1H3,(H,28,30)(H,31,35)(H,32,36)(H,33,34)(H,37,38)(H4,26,27,29). The van der Waals surface area contributed by atoms with Crippen molar-refractivity contribution in [2.24, 2.45) is 22.2 Å². The monoisotopic (exact) mass is 529 g/mol. The third-order valence-corrected chi connectivity index (χ3v) is 5.56. The summed E-state index contributed by atoms with van der Waals surface area (Å²) in [4.78, 5) is 60.6. The Balaban J connectivity index is 2.01. The second-order valence-electron chi connectivity index (χ2n) is 8.72. The van der Waals surface area contributed by atoms with Gasteiger partial charge in [0.25, 0.3) is 0 Å². The zero-order valence-corrected chi connectivity index (χ0v) is 21.1. The molecule has 4 unspecified atom stereocenters. The molecule has 14 heteroatoms. The van der Waals surface area contributed by atoms with Gasteiger partial charge in [0.05, 0.1) is 12.4 Å². The van der Waals surface area contributed by atoms with Gasteiger partial charge in [0, 0.05) is 24.9 Å². The van der Waals surface area contributed by atoms with E-state index in [0.29, 0.717) is 12.1 Å².